The summed E-state index contributed by atoms with van der Waals surface area (Å²) in [6.07, 6.45) is 4.43. The van der Waals surface area contributed by atoms with Gasteiger partial charge in [-0.15, -0.1) is 0 Å². The van der Waals surface area contributed by atoms with Crippen LogP contribution in [0.1, 0.15) is 45.2 Å². The van der Waals surface area contributed by atoms with E-state index in [2.05, 4.69) is 21.9 Å². The number of nitrogens with one attached hydrogen (secondary N) is 2. The Kier molecular flexibility index (Phi) is 2.74. The topological polar surface area (TPSA) is 57.8 Å². The molecule has 0 unspecified atom stereocenters. The van der Waals surface area contributed by atoms with E-state index in [4.69, 9.17) is 0 Å². The van der Waals surface area contributed by atoms with Crippen molar-refractivity contribution in [2.24, 2.45) is 5.41 Å². The lowest BCUT2D eigenvalue weighted by Gasteiger charge is -2.22. The molecule has 4 nitrogen and oxygen atoms in total. The van der Waals surface area contributed by atoms with E-state index in [9.17, 15) is 4.79 Å². The van der Waals surface area contributed by atoms with Crippen LogP contribution in [0.2, 0.25) is 0 Å². The molecule has 1 fully saturated rings. The number of hydrogen-bond acceptors (Lipinski definition) is 2. The molecule has 2 N–H and O–H groups in total. The average molecular weight is 220 g/mol. The third-order valence-electron chi connectivity index (χ3n) is 2.85. The van der Waals surface area contributed by atoms with Gasteiger partial charge in [0.25, 0.3) is 0 Å². The molecular weight excluding hydrogens is 202 g/mol. The summed E-state index contributed by atoms with van der Waals surface area (Å²) in [7, 11) is 0. The van der Waals surface area contributed by atoms with E-state index in [0.29, 0.717) is 11.7 Å². The van der Waals surface area contributed by atoms with Crippen molar-refractivity contribution in [3.63, 3.8) is 0 Å². The second-order valence-corrected chi connectivity index (χ2v) is 5.37. The van der Waals surface area contributed by atoms with Crippen LogP contribution in [-0.4, -0.2) is 16.1 Å². The summed E-state index contributed by atoms with van der Waals surface area (Å²) in [4.78, 5) is 11.7. The SMILES string of the molecule is CC(C)(C)C(=O)Nc1cc(C2C[CH]C2)n[nH]1. The molecule has 0 bridgehead atoms. The van der Waals surface area contributed by atoms with Crippen molar-refractivity contribution in [3.8, 4) is 0 Å². The van der Waals surface area contributed by atoms with Crippen molar-refractivity contribution < 1.29 is 4.79 Å². The molecule has 1 radical (unpaired) electrons. The molecule has 1 saturated carbocycles. The molecule has 1 heterocycles. The predicted molar refractivity (Wildman–Crippen MR) is 62.9 cm³/mol. The molecule has 2 rings (SSSR count). The van der Waals surface area contributed by atoms with Crippen LogP contribution in [0.25, 0.3) is 0 Å². The van der Waals surface area contributed by atoms with Gasteiger partial charge in [0.2, 0.25) is 5.91 Å². The lowest BCUT2D eigenvalue weighted by Crippen LogP contribution is -2.27. The van der Waals surface area contributed by atoms with Crippen LogP contribution >= 0.6 is 0 Å². The first kappa shape index (κ1) is 11.2. The monoisotopic (exact) mass is 220 g/mol. The lowest BCUT2D eigenvalue weighted by molar-refractivity contribution is -0.123. The van der Waals surface area contributed by atoms with Gasteiger partial charge in [-0.3, -0.25) is 9.89 Å². The molecular formula is C12H18N3O. The molecule has 0 atom stereocenters. The maximum absolute atomic E-state index is 11.7. The smallest absolute Gasteiger partial charge is 0.230 e. The molecule has 1 aromatic rings. The highest BCUT2D eigenvalue weighted by atomic mass is 16.2. The summed E-state index contributed by atoms with van der Waals surface area (Å²) in [5.74, 6) is 1.24. The predicted octanol–water partition coefficient (Wildman–Crippen LogP) is 2.48. The fourth-order valence-electron chi connectivity index (χ4n) is 1.50. The number of H-pyrrole nitrogens is 1. The van der Waals surface area contributed by atoms with E-state index >= 15 is 0 Å². The Morgan fingerprint density at radius 3 is 2.69 bits per heavy atom. The number of anilines is 1. The number of carbonyl (C=O) groups excluding carboxylic acids is 1. The third kappa shape index (κ3) is 2.26. The Labute approximate surface area is 95.8 Å². The van der Waals surface area contributed by atoms with Crippen LogP contribution in [0.5, 0.6) is 0 Å². The first-order valence-corrected chi connectivity index (χ1v) is 5.65. The summed E-state index contributed by atoms with van der Waals surface area (Å²) < 4.78 is 0. The average Bonchev–Trinajstić information content (AvgIpc) is 2.48. The van der Waals surface area contributed by atoms with Gasteiger partial charge in [-0.25, -0.2) is 0 Å². The van der Waals surface area contributed by atoms with Crippen LogP contribution in [0.15, 0.2) is 6.07 Å². The minimum atomic E-state index is -0.379. The lowest BCUT2D eigenvalue weighted by atomic mass is 9.83. The van der Waals surface area contributed by atoms with Crippen LogP contribution in [0.3, 0.4) is 0 Å². The first-order chi connectivity index (χ1) is 7.47. The van der Waals surface area contributed by atoms with Crippen LogP contribution in [0.4, 0.5) is 5.82 Å². The van der Waals surface area contributed by atoms with Crippen molar-refractivity contribution in [2.75, 3.05) is 5.32 Å². The van der Waals surface area contributed by atoms with E-state index in [1.807, 2.05) is 26.8 Å². The Balaban J connectivity index is 2.00. The highest BCUT2D eigenvalue weighted by Gasteiger charge is 2.24. The Bertz CT molecular complexity index is 385. The van der Waals surface area contributed by atoms with Gasteiger partial charge in [-0.1, -0.05) is 20.8 Å². The van der Waals surface area contributed by atoms with Crippen LogP contribution in [0, 0.1) is 11.8 Å². The molecule has 87 valence electrons. The van der Waals surface area contributed by atoms with Crippen molar-refractivity contribution >= 4 is 11.7 Å². The van der Waals surface area contributed by atoms with Gasteiger partial charge in [-0.05, 0) is 19.3 Å². The largest absolute Gasteiger partial charge is 0.311 e. The van der Waals surface area contributed by atoms with Crippen LogP contribution in [-0.2, 0) is 4.79 Å². The number of amides is 1. The number of hydrogen-bond donors (Lipinski definition) is 2. The molecule has 0 aromatic carbocycles. The highest BCUT2D eigenvalue weighted by Crippen LogP contribution is 2.35. The van der Waals surface area contributed by atoms with Gasteiger partial charge >= 0.3 is 0 Å². The Morgan fingerprint density at radius 1 is 1.50 bits per heavy atom. The van der Waals surface area contributed by atoms with E-state index in [1.54, 1.807) is 0 Å². The zero-order valence-corrected chi connectivity index (χ0v) is 10.0. The van der Waals surface area contributed by atoms with Gasteiger partial charge in [-0.2, -0.15) is 5.10 Å². The molecule has 1 aromatic heterocycles. The summed E-state index contributed by atoms with van der Waals surface area (Å²) in [5, 5.41) is 9.91. The van der Waals surface area contributed by atoms with Crippen molar-refractivity contribution in [1.29, 1.82) is 0 Å². The Hall–Kier alpha value is -1.32. The molecule has 1 amide bonds. The fraction of sp³-hybridized carbons (Fsp3) is 0.583. The van der Waals surface area contributed by atoms with E-state index in [-0.39, 0.29) is 11.3 Å². The van der Waals surface area contributed by atoms with Gasteiger partial charge in [0.15, 0.2) is 0 Å². The fourth-order valence-corrected chi connectivity index (χ4v) is 1.50. The van der Waals surface area contributed by atoms with Gasteiger partial charge in [0.1, 0.15) is 5.82 Å². The zero-order valence-electron chi connectivity index (χ0n) is 10.0. The van der Waals surface area contributed by atoms with Crippen molar-refractivity contribution in [2.45, 2.75) is 39.5 Å². The number of aromatic amines is 1. The highest BCUT2D eigenvalue weighted by molar-refractivity contribution is 5.93. The maximum atomic E-state index is 11.7. The molecule has 1 aliphatic carbocycles. The number of nitrogens with zero attached hydrogens (tertiary/aromatic N) is 1. The van der Waals surface area contributed by atoms with Gasteiger partial charge in [0, 0.05) is 17.4 Å². The van der Waals surface area contributed by atoms with E-state index < -0.39 is 0 Å². The molecule has 0 saturated heterocycles. The Morgan fingerprint density at radius 2 is 2.19 bits per heavy atom. The van der Waals surface area contributed by atoms with Gasteiger partial charge < -0.3 is 5.32 Å². The number of rotatable bonds is 2. The second-order valence-electron chi connectivity index (χ2n) is 5.37. The third-order valence-corrected chi connectivity index (χ3v) is 2.85. The summed E-state index contributed by atoms with van der Waals surface area (Å²) in [5.41, 5.74) is 0.668. The maximum Gasteiger partial charge on any atom is 0.230 e. The summed E-state index contributed by atoms with van der Waals surface area (Å²) in [6, 6.07) is 1.93. The minimum Gasteiger partial charge on any atom is -0.311 e. The molecule has 0 spiro atoms. The van der Waals surface area contributed by atoms with Gasteiger partial charge in [0.05, 0.1) is 5.69 Å². The molecule has 16 heavy (non-hydrogen) atoms. The number of carbonyl (C=O) groups is 1. The van der Waals surface area contributed by atoms with Crippen molar-refractivity contribution in [1.82, 2.24) is 10.2 Å². The van der Waals surface area contributed by atoms with Crippen LogP contribution < -0.4 is 5.32 Å². The first-order valence-electron chi connectivity index (χ1n) is 5.65. The summed E-state index contributed by atoms with van der Waals surface area (Å²) in [6.45, 7) is 5.67. The molecule has 1 aliphatic rings. The number of aromatic nitrogens is 2. The molecule has 0 aliphatic heterocycles. The summed E-state index contributed by atoms with van der Waals surface area (Å²) >= 11 is 0. The quantitative estimate of drug-likeness (QED) is 0.804. The van der Waals surface area contributed by atoms with E-state index in [0.717, 1.165) is 18.5 Å². The van der Waals surface area contributed by atoms with E-state index in [1.165, 1.54) is 0 Å². The molecule has 4 heteroatoms. The standard InChI is InChI=1S/C12H18N3O/c1-12(2,3)11(16)13-10-7-9(14-15-10)8-5-4-6-8/h4,7-8H,5-6H2,1-3H3,(H2,13,14,15,16). The zero-order chi connectivity index (χ0) is 11.8. The second kappa shape index (κ2) is 3.92. The van der Waals surface area contributed by atoms with Crippen molar-refractivity contribution in [3.05, 3.63) is 18.2 Å². The minimum absolute atomic E-state index is 0.00266. The normalized spacial score (nSPS) is 16.9.